The van der Waals surface area contributed by atoms with Crippen molar-refractivity contribution in [2.24, 2.45) is 0 Å². The molecule has 10 heavy (non-hydrogen) atoms. The summed E-state index contributed by atoms with van der Waals surface area (Å²) in [7, 11) is 0. The van der Waals surface area contributed by atoms with Gasteiger partial charge in [-0.1, -0.05) is 0 Å². The van der Waals surface area contributed by atoms with Gasteiger partial charge in [0.1, 0.15) is 12.0 Å². The van der Waals surface area contributed by atoms with E-state index in [-0.39, 0.29) is 5.78 Å². The molecule has 50 valence electrons. The molecular weight excluding hydrogens is 148 g/mol. The summed E-state index contributed by atoms with van der Waals surface area (Å²) in [5.74, 6) is 0.635. The number of rotatable bonds is 0. The van der Waals surface area contributed by atoms with Crippen LogP contribution in [0.4, 0.5) is 0 Å². The summed E-state index contributed by atoms with van der Waals surface area (Å²) in [6.45, 7) is 0. The first-order valence-electron chi connectivity index (χ1n) is 2.84. The van der Waals surface area contributed by atoms with Gasteiger partial charge >= 0.3 is 0 Å². The van der Waals surface area contributed by atoms with Gasteiger partial charge in [-0.25, -0.2) is 9.97 Å². The van der Waals surface area contributed by atoms with E-state index in [4.69, 9.17) is 0 Å². The Bertz CT molecular complexity index is 287. The highest BCUT2D eigenvalue weighted by atomic mass is 32.2. The minimum atomic E-state index is 0.113. The van der Waals surface area contributed by atoms with E-state index >= 15 is 0 Å². The van der Waals surface area contributed by atoms with Gasteiger partial charge in [0.15, 0.2) is 5.78 Å². The van der Waals surface area contributed by atoms with Crippen LogP contribution in [0.15, 0.2) is 17.4 Å². The Morgan fingerprint density at radius 3 is 3.30 bits per heavy atom. The van der Waals surface area contributed by atoms with Gasteiger partial charge in [0.2, 0.25) is 0 Å². The van der Waals surface area contributed by atoms with Crippen molar-refractivity contribution in [2.75, 3.05) is 5.75 Å². The van der Waals surface area contributed by atoms with Crippen LogP contribution in [-0.4, -0.2) is 21.5 Å². The lowest BCUT2D eigenvalue weighted by molar-refractivity contribution is 0.101. The first kappa shape index (κ1) is 5.85. The number of hydrogen-bond acceptors (Lipinski definition) is 4. The molecule has 1 aromatic heterocycles. The van der Waals surface area contributed by atoms with Crippen LogP contribution >= 0.6 is 11.8 Å². The average Bonchev–Trinajstić information content (AvgIpc) is 2.34. The maximum atomic E-state index is 11.0. The molecule has 0 atom stereocenters. The second-order valence-corrected chi connectivity index (χ2v) is 2.96. The van der Waals surface area contributed by atoms with Crippen LogP contribution in [-0.2, 0) is 0 Å². The number of Topliss-reactive ketones (excluding diaryl/α,β-unsaturated/α-hetero) is 1. The molecule has 4 heteroatoms. The number of thioether (sulfide) groups is 1. The van der Waals surface area contributed by atoms with Gasteiger partial charge in [-0.3, -0.25) is 4.79 Å². The fourth-order valence-electron chi connectivity index (χ4n) is 0.844. The van der Waals surface area contributed by atoms with E-state index in [2.05, 4.69) is 9.97 Å². The van der Waals surface area contributed by atoms with Crippen LogP contribution in [0.25, 0.3) is 0 Å². The molecule has 3 nitrogen and oxygen atoms in total. The number of hydrogen-bond donors (Lipinski definition) is 0. The molecule has 2 rings (SSSR count). The molecule has 0 bridgehead atoms. The summed E-state index contributed by atoms with van der Waals surface area (Å²) < 4.78 is 0. The van der Waals surface area contributed by atoms with E-state index in [0.29, 0.717) is 11.4 Å². The van der Waals surface area contributed by atoms with Gasteiger partial charge in [-0.05, 0) is 0 Å². The third-order valence-corrected chi connectivity index (χ3v) is 2.32. The molecule has 0 N–H and O–H groups in total. The van der Waals surface area contributed by atoms with Gasteiger partial charge in [0.05, 0.1) is 10.6 Å². The Labute approximate surface area is 61.9 Å². The lowest BCUT2D eigenvalue weighted by Gasteiger charge is -1.89. The highest BCUT2D eigenvalue weighted by Gasteiger charge is 2.20. The first-order valence-corrected chi connectivity index (χ1v) is 3.82. The standard InChI is InChI=1S/C6H4N2OS/c9-4-2-10-5-1-7-3-8-6(4)5/h1,3H,2H2. The molecule has 0 saturated heterocycles. The van der Waals surface area contributed by atoms with E-state index in [9.17, 15) is 4.79 Å². The Hall–Kier alpha value is -0.900. The lowest BCUT2D eigenvalue weighted by atomic mass is 10.3. The quantitative estimate of drug-likeness (QED) is 0.550. The second-order valence-electron chi connectivity index (χ2n) is 1.95. The summed E-state index contributed by atoms with van der Waals surface area (Å²) >= 11 is 1.50. The molecule has 1 aromatic rings. The molecule has 2 heterocycles. The van der Waals surface area contributed by atoms with Gasteiger partial charge in [0, 0.05) is 6.20 Å². The smallest absolute Gasteiger partial charge is 0.192 e. The Morgan fingerprint density at radius 1 is 1.60 bits per heavy atom. The maximum Gasteiger partial charge on any atom is 0.192 e. The van der Waals surface area contributed by atoms with E-state index in [1.807, 2.05) is 0 Å². The van der Waals surface area contributed by atoms with E-state index in [0.717, 1.165) is 4.90 Å². The second kappa shape index (κ2) is 2.05. The third kappa shape index (κ3) is 0.724. The number of carbonyl (C=O) groups is 1. The zero-order chi connectivity index (χ0) is 6.97. The molecule has 0 aromatic carbocycles. The molecule has 0 radical (unpaired) electrons. The predicted molar refractivity (Wildman–Crippen MR) is 37.1 cm³/mol. The number of fused-ring (bicyclic) bond motifs is 1. The molecule has 0 saturated carbocycles. The minimum Gasteiger partial charge on any atom is -0.291 e. The number of carbonyl (C=O) groups excluding carboxylic acids is 1. The van der Waals surface area contributed by atoms with Crippen molar-refractivity contribution in [3.63, 3.8) is 0 Å². The highest BCUT2D eigenvalue weighted by molar-refractivity contribution is 8.00. The number of ketones is 1. The van der Waals surface area contributed by atoms with E-state index in [1.54, 1.807) is 6.20 Å². The van der Waals surface area contributed by atoms with E-state index < -0.39 is 0 Å². The highest BCUT2D eigenvalue weighted by Crippen LogP contribution is 2.27. The Balaban J connectivity index is 2.61. The average molecular weight is 152 g/mol. The molecular formula is C6H4N2OS. The molecule has 0 aliphatic carbocycles. The van der Waals surface area contributed by atoms with Crippen molar-refractivity contribution in [3.8, 4) is 0 Å². The topological polar surface area (TPSA) is 42.9 Å². The number of nitrogens with zero attached hydrogens (tertiary/aromatic N) is 2. The van der Waals surface area contributed by atoms with E-state index in [1.165, 1.54) is 18.1 Å². The van der Waals surface area contributed by atoms with Crippen molar-refractivity contribution < 1.29 is 4.79 Å². The van der Waals surface area contributed by atoms with Crippen molar-refractivity contribution in [1.82, 2.24) is 9.97 Å². The first-order chi connectivity index (χ1) is 4.88. The molecule has 0 amide bonds. The van der Waals surface area contributed by atoms with Gasteiger partial charge in [-0.15, -0.1) is 11.8 Å². The van der Waals surface area contributed by atoms with Crippen molar-refractivity contribution in [1.29, 1.82) is 0 Å². The molecule has 0 fully saturated rings. The zero-order valence-electron chi connectivity index (χ0n) is 5.07. The summed E-state index contributed by atoms with van der Waals surface area (Å²) in [6.07, 6.45) is 3.08. The van der Waals surface area contributed by atoms with Crippen molar-refractivity contribution >= 4 is 17.5 Å². The van der Waals surface area contributed by atoms with Crippen LogP contribution in [0.5, 0.6) is 0 Å². The van der Waals surface area contributed by atoms with Gasteiger partial charge in [-0.2, -0.15) is 0 Å². The summed E-state index contributed by atoms with van der Waals surface area (Å²) in [5.41, 5.74) is 0.583. The fraction of sp³-hybridized carbons (Fsp3) is 0.167. The van der Waals surface area contributed by atoms with Gasteiger partial charge in [0.25, 0.3) is 0 Å². The van der Waals surface area contributed by atoms with Crippen molar-refractivity contribution in [3.05, 3.63) is 18.2 Å². The largest absolute Gasteiger partial charge is 0.291 e. The fourth-order valence-corrected chi connectivity index (χ4v) is 1.71. The minimum absolute atomic E-state index is 0.113. The predicted octanol–water partition coefficient (Wildman–Crippen LogP) is 0.765. The zero-order valence-corrected chi connectivity index (χ0v) is 5.89. The van der Waals surface area contributed by atoms with Crippen LogP contribution in [0.1, 0.15) is 10.5 Å². The normalized spacial score (nSPS) is 15.4. The molecule has 1 aliphatic heterocycles. The lowest BCUT2D eigenvalue weighted by Crippen LogP contribution is -1.97. The Kier molecular flexibility index (Phi) is 1.20. The monoisotopic (exact) mass is 152 g/mol. The molecule has 0 unspecified atom stereocenters. The van der Waals surface area contributed by atoms with Crippen LogP contribution in [0.3, 0.4) is 0 Å². The van der Waals surface area contributed by atoms with Gasteiger partial charge < -0.3 is 0 Å². The summed E-state index contributed by atoms with van der Waals surface area (Å²) in [5, 5.41) is 0. The molecule has 0 spiro atoms. The van der Waals surface area contributed by atoms with Crippen LogP contribution < -0.4 is 0 Å². The molecule has 1 aliphatic rings. The van der Waals surface area contributed by atoms with Crippen LogP contribution in [0.2, 0.25) is 0 Å². The SMILES string of the molecule is O=C1CSc2cncnc21. The van der Waals surface area contributed by atoms with Crippen molar-refractivity contribution in [2.45, 2.75) is 4.90 Å². The summed E-state index contributed by atoms with van der Waals surface area (Å²) in [6, 6.07) is 0. The third-order valence-electron chi connectivity index (χ3n) is 1.30. The summed E-state index contributed by atoms with van der Waals surface area (Å²) in [4.78, 5) is 19.5. The van der Waals surface area contributed by atoms with Crippen LogP contribution in [0, 0.1) is 0 Å². The maximum absolute atomic E-state index is 11.0. The Morgan fingerprint density at radius 2 is 2.50 bits per heavy atom. The number of aromatic nitrogens is 2.